The molecule has 0 fully saturated rings. The van der Waals surface area contributed by atoms with Crippen LogP contribution in [0.5, 0.6) is 0 Å². The zero-order valence-electron chi connectivity index (χ0n) is 64.1. The summed E-state index contributed by atoms with van der Waals surface area (Å²) in [7, 11) is -9.93. The summed E-state index contributed by atoms with van der Waals surface area (Å²) in [6.07, 6.45) is 65.8. The van der Waals surface area contributed by atoms with Gasteiger partial charge in [-0.1, -0.05) is 348 Å². The number of phosphoric ester groups is 2. The number of aliphatic hydroxyl groups is 1. The van der Waals surface area contributed by atoms with Gasteiger partial charge in [0.2, 0.25) is 0 Å². The van der Waals surface area contributed by atoms with Crippen LogP contribution in [0.3, 0.4) is 0 Å². The van der Waals surface area contributed by atoms with Gasteiger partial charge in [-0.05, 0) is 57.3 Å². The van der Waals surface area contributed by atoms with E-state index in [2.05, 4.69) is 58.9 Å². The fourth-order valence-corrected chi connectivity index (χ4v) is 13.4. The Morgan fingerprint density at radius 3 is 0.828 bits per heavy atom. The predicted molar refractivity (Wildman–Crippen MR) is 404 cm³/mol. The van der Waals surface area contributed by atoms with E-state index in [4.69, 9.17) is 37.0 Å². The van der Waals surface area contributed by atoms with E-state index < -0.39 is 97.5 Å². The third kappa shape index (κ3) is 73.6. The van der Waals surface area contributed by atoms with Gasteiger partial charge in [-0.2, -0.15) is 0 Å². The minimum absolute atomic E-state index is 0.101. The summed E-state index contributed by atoms with van der Waals surface area (Å²) in [6.45, 7) is 7.28. The number of ether oxygens (including phenoxy) is 4. The largest absolute Gasteiger partial charge is 0.472 e. The lowest BCUT2D eigenvalue weighted by atomic mass is 10.0. The second-order valence-electron chi connectivity index (χ2n) is 28.6. The first kappa shape index (κ1) is 96.5. The third-order valence-electron chi connectivity index (χ3n) is 18.2. The first-order valence-electron chi connectivity index (χ1n) is 41.0. The molecule has 3 N–H and O–H groups in total. The van der Waals surface area contributed by atoms with Crippen molar-refractivity contribution in [2.45, 2.75) is 419 Å². The van der Waals surface area contributed by atoms with Crippen molar-refractivity contribution < 1.29 is 80.2 Å². The molecule has 0 bridgehead atoms. The monoisotopic (exact) mass is 1450 g/mol. The molecule has 0 saturated heterocycles. The Morgan fingerprint density at radius 1 is 0.313 bits per heavy atom. The zero-order valence-corrected chi connectivity index (χ0v) is 65.9. The van der Waals surface area contributed by atoms with Crippen LogP contribution >= 0.6 is 15.6 Å². The van der Waals surface area contributed by atoms with Crippen LogP contribution in [0, 0.1) is 5.92 Å². The fourth-order valence-electron chi connectivity index (χ4n) is 11.9. The van der Waals surface area contributed by atoms with Gasteiger partial charge in [0.15, 0.2) is 12.2 Å². The molecule has 0 aliphatic carbocycles. The van der Waals surface area contributed by atoms with Gasteiger partial charge in [0, 0.05) is 25.7 Å². The molecule has 0 aromatic heterocycles. The first-order chi connectivity index (χ1) is 48.0. The van der Waals surface area contributed by atoms with Crippen LogP contribution in [0.2, 0.25) is 0 Å². The Morgan fingerprint density at radius 2 is 0.545 bits per heavy atom. The normalized spacial score (nSPS) is 14.0. The van der Waals surface area contributed by atoms with Gasteiger partial charge in [-0.15, -0.1) is 0 Å². The summed E-state index contributed by atoms with van der Waals surface area (Å²) in [5, 5.41) is 10.6. The smallest absolute Gasteiger partial charge is 0.462 e. The maximum atomic E-state index is 13.1. The first-order valence-corrected chi connectivity index (χ1v) is 43.9. The molecule has 0 spiro atoms. The number of phosphoric acid groups is 2. The molecule has 17 nitrogen and oxygen atoms in total. The topological polar surface area (TPSA) is 237 Å². The second kappa shape index (κ2) is 72.5. The molecule has 19 heteroatoms. The van der Waals surface area contributed by atoms with Crippen LogP contribution in [0.25, 0.3) is 0 Å². The molecule has 0 aliphatic heterocycles. The average Bonchev–Trinajstić information content (AvgIpc) is 3.02. The summed E-state index contributed by atoms with van der Waals surface area (Å²) in [6, 6.07) is 0. The Bertz CT molecular complexity index is 1990. The molecule has 0 amide bonds. The van der Waals surface area contributed by atoms with E-state index in [-0.39, 0.29) is 25.7 Å². The molecule has 5 atom stereocenters. The highest BCUT2D eigenvalue weighted by Crippen LogP contribution is 2.45. The van der Waals surface area contributed by atoms with Crippen LogP contribution < -0.4 is 0 Å². The maximum absolute atomic E-state index is 13.1. The van der Waals surface area contributed by atoms with Crippen LogP contribution in [-0.2, 0) is 65.4 Å². The third-order valence-corrected chi connectivity index (χ3v) is 20.1. The summed E-state index contributed by atoms with van der Waals surface area (Å²) >= 11 is 0. The standard InChI is InChI=1S/C80H152O17P2/c1-6-9-12-15-18-21-24-26-29-34-39-44-49-54-59-64-78(83)91-70-76(97-80(85)66-61-56-51-46-41-36-32-28-31-33-38-42-47-52-57-62-73(4)5)72-95-99(88,89)93-68-74(81)67-92-98(86,87)94-71-75(69-90-77(82)63-58-53-48-43-37-23-20-17-14-11-8-3)96-79(84)65-60-55-50-45-40-35-30-27-25-22-19-16-13-10-7-2/h21,24,26,29,73-76,81H,6-20,22-23,25,27-28,30-72H2,1-5H3,(H,86,87)(H,88,89)/b24-21-,29-26-/t74-,75+,76+/m0/s1. The highest BCUT2D eigenvalue weighted by molar-refractivity contribution is 7.47. The van der Waals surface area contributed by atoms with E-state index in [0.29, 0.717) is 25.7 Å². The number of aliphatic hydroxyl groups excluding tert-OH is 1. The zero-order chi connectivity index (χ0) is 72.7. The van der Waals surface area contributed by atoms with Crippen LogP contribution in [-0.4, -0.2) is 96.7 Å². The Labute approximate surface area is 605 Å². The van der Waals surface area contributed by atoms with Crippen LogP contribution in [0.4, 0.5) is 0 Å². The van der Waals surface area contributed by atoms with Crippen LogP contribution in [0.15, 0.2) is 24.3 Å². The SMILES string of the molecule is CCCCCC/C=C\C=C/CCCCCCCC(=O)OC[C@H](COP(=O)(O)OC[C@@H](O)COP(=O)(O)OC[C@@H](COC(=O)CCCCCCCCCCCCC)OC(=O)CCCCCCCCCCCCCCCCC)OC(=O)CCCCCCCCCCCCCCCCCC(C)C. The van der Waals surface area contributed by atoms with Gasteiger partial charge in [0.05, 0.1) is 26.4 Å². The van der Waals surface area contributed by atoms with Crippen molar-refractivity contribution in [2.24, 2.45) is 5.92 Å². The minimum atomic E-state index is -4.97. The van der Waals surface area contributed by atoms with Gasteiger partial charge in [0.1, 0.15) is 19.3 Å². The summed E-state index contributed by atoms with van der Waals surface area (Å²) < 4.78 is 68.6. The van der Waals surface area contributed by atoms with Gasteiger partial charge >= 0.3 is 39.5 Å². The van der Waals surface area contributed by atoms with Gasteiger partial charge in [-0.3, -0.25) is 37.3 Å². The molecule has 0 saturated carbocycles. The fraction of sp³-hybridized carbons (Fsp3) is 0.900. The number of rotatable bonds is 78. The van der Waals surface area contributed by atoms with Gasteiger partial charge in [0.25, 0.3) is 0 Å². The molecule has 0 aromatic rings. The highest BCUT2D eigenvalue weighted by Gasteiger charge is 2.30. The number of hydrogen-bond donors (Lipinski definition) is 3. The summed E-state index contributed by atoms with van der Waals surface area (Å²) in [4.78, 5) is 73.0. The van der Waals surface area contributed by atoms with E-state index in [1.54, 1.807) is 0 Å². The van der Waals surface area contributed by atoms with E-state index in [0.717, 1.165) is 115 Å². The lowest BCUT2D eigenvalue weighted by Gasteiger charge is -2.21. The number of allylic oxidation sites excluding steroid dienone is 4. The van der Waals surface area contributed by atoms with Crippen molar-refractivity contribution in [1.29, 1.82) is 0 Å². The van der Waals surface area contributed by atoms with Crippen molar-refractivity contribution in [3.05, 3.63) is 24.3 Å². The molecule has 0 rings (SSSR count). The summed E-state index contributed by atoms with van der Waals surface area (Å²) in [5.41, 5.74) is 0. The lowest BCUT2D eigenvalue weighted by Crippen LogP contribution is -2.30. The van der Waals surface area contributed by atoms with E-state index >= 15 is 0 Å². The number of carbonyl (C=O) groups is 4. The van der Waals surface area contributed by atoms with Gasteiger partial charge < -0.3 is 33.8 Å². The van der Waals surface area contributed by atoms with Crippen molar-refractivity contribution in [3.8, 4) is 0 Å². The van der Waals surface area contributed by atoms with Crippen molar-refractivity contribution in [3.63, 3.8) is 0 Å². The van der Waals surface area contributed by atoms with Crippen LogP contribution in [0.1, 0.15) is 401 Å². The predicted octanol–water partition coefficient (Wildman–Crippen LogP) is 23.6. The molecule has 2 unspecified atom stereocenters. The number of hydrogen-bond acceptors (Lipinski definition) is 15. The second-order valence-corrected chi connectivity index (χ2v) is 31.5. The van der Waals surface area contributed by atoms with Crippen molar-refractivity contribution in [1.82, 2.24) is 0 Å². The van der Waals surface area contributed by atoms with E-state index in [9.17, 15) is 43.2 Å². The minimum Gasteiger partial charge on any atom is -0.462 e. The molecular formula is C80H152O17P2. The van der Waals surface area contributed by atoms with Crippen molar-refractivity contribution in [2.75, 3.05) is 39.6 Å². The number of unbranched alkanes of at least 4 members (excludes halogenated alkanes) is 47. The van der Waals surface area contributed by atoms with E-state index in [1.165, 1.54) is 205 Å². The quantitative estimate of drug-likeness (QED) is 0.0169. The molecule has 0 aliphatic rings. The van der Waals surface area contributed by atoms with Gasteiger partial charge in [-0.25, -0.2) is 9.13 Å². The highest BCUT2D eigenvalue weighted by atomic mass is 31.2. The molecule has 0 heterocycles. The van der Waals surface area contributed by atoms with E-state index in [1.807, 2.05) is 0 Å². The molecule has 0 aromatic carbocycles. The Kier molecular flexibility index (Phi) is 70.7. The summed E-state index contributed by atoms with van der Waals surface area (Å²) in [5.74, 6) is -1.34. The Hall–Kier alpha value is -2.46. The molecular weight excluding hydrogens is 1290 g/mol. The number of esters is 4. The Balaban J connectivity index is 5.28. The molecule has 99 heavy (non-hydrogen) atoms. The number of carbonyl (C=O) groups excluding carboxylic acids is 4. The average molecular weight is 1450 g/mol. The van der Waals surface area contributed by atoms with Crippen molar-refractivity contribution >= 4 is 39.5 Å². The molecule has 0 radical (unpaired) electrons. The maximum Gasteiger partial charge on any atom is 0.472 e. The lowest BCUT2D eigenvalue weighted by molar-refractivity contribution is -0.161. The molecule has 584 valence electrons.